The van der Waals surface area contributed by atoms with Gasteiger partial charge in [-0.1, -0.05) is 75.2 Å². The van der Waals surface area contributed by atoms with Crippen molar-refractivity contribution in [3.8, 4) is 22.5 Å². The SMILES string of the molecule is CCCCn1c(=O)[nH]c(CCC)c(Cc2ccc(-c3ccccc3-c3nn[nH]n3)cc2)c1=O. The van der Waals surface area contributed by atoms with E-state index in [-0.39, 0.29) is 11.2 Å². The van der Waals surface area contributed by atoms with E-state index in [4.69, 9.17) is 0 Å². The Kier molecular flexibility index (Phi) is 6.92. The number of nitrogens with one attached hydrogen (secondary N) is 2. The molecule has 2 aromatic heterocycles. The number of nitrogens with zero attached hydrogens (tertiary/aromatic N) is 4. The van der Waals surface area contributed by atoms with Crippen molar-refractivity contribution in [1.29, 1.82) is 0 Å². The van der Waals surface area contributed by atoms with Crippen LogP contribution in [-0.4, -0.2) is 30.2 Å². The van der Waals surface area contributed by atoms with E-state index in [1.165, 1.54) is 4.57 Å². The zero-order valence-corrected chi connectivity index (χ0v) is 19.0. The van der Waals surface area contributed by atoms with Gasteiger partial charge in [0.2, 0.25) is 5.82 Å². The van der Waals surface area contributed by atoms with E-state index in [1.807, 2.05) is 62.4 Å². The molecular weight excluding hydrogens is 416 g/mol. The lowest BCUT2D eigenvalue weighted by molar-refractivity contribution is 0.571. The summed E-state index contributed by atoms with van der Waals surface area (Å²) < 4.78 is 1.34. The van der Waals surface area contributed by atoms with Crippen LogP contribution in [0.15, 0.2) is 58.1 Å². The number of benzene rings is 2. The number of H-pyrrole nitrogens is 2. The van der Waals surface area contributed by atoms with Gasteiger partial charge in [-0.25, -0.2) is 4.79 Å². The molecule has 33 heavy (non-hydrogen) atoms. The van der Waals surface area contributed by atoms with Crippen LogP contribution in [0.4, 0.5) is 0 Å². The quantitative estimate of drug-likeness (QED) is 0.409. The summed E-state index contributed by atoms with van der Waals surface area (Å²) in [5, 5.41) is 14.4. The first-order valence-corrected chi connectivity index (χ1v) is 11.4. The Balaban J connectivity index is 1.67. The van der Waals surface area contributed by atoms with Crippen LogP contribution in [0.5, 0.6) is 0 Å². The topological polar surface area (TPSA) is 109 Å². The molecule has 8 heteroatoms. The summed E-state index contributed by atoms with van der Waals surface area (Å²) in [5.74, 6) is 0.541. The highest BCUT2D eigenvalue weighted by Gasteiger charge is 2.15. The van der Waals surface area contributed by atoms with Crippen molar-refractivity contribution in [3.63, 3.8) is 0 Å². The highest BCUT2D eigenvalue weighted by Crippen LogP contribution is 2.30. The standard InChI is InChI=1S/C25H28N6O2/c1-3-5-15-31-24(32)21(22(8-4-2)26-25(31)33)16-17-11-13-18(14-12-17)19-9-6-7-10-20(19)23-27-29-30-28-23/h6-7,9-14H,3-5,8,15-16H2,1-2H3,(H,26,33)(H,27,28,29,30). The first-order chi connectivity index (χ1) is 16.1. The van der Waals surface area contributed by atoms with Crippen molar-refractivity contribution in [3.05, 3.63) is 86.2 Å². The molecule has 0 aliphatic rings. The van der Waals surface area contributed by atoms with Gasteiger partial charge in [-0.3, -0.25) is 9.36 Å². The van der Waals surface area contributed by atoms with Crippen molar-refractivity contribution in [2.45, 2.75) is 52.5 Å². The van der Waals surface area contributed by atoms with Crippen molar-refractivity contribution in [2.75, 3.05) is 0 Å². The second kappa shape index (κ2) is 10.2. The van der Waals surface area contributed by atoms with Gasteiger partial charge in [-0.2, -0.15) is 5.21 Å². The number of rotatable bonds is 9. The number of unbranched alkanes of at least 4 members (excludes halogenated alkanes) is 1. The number of hydrogen-bond donors (Lipinski definition) is 2. The molecule has 4 aromatic rings. The largest absolute Gasteiger partial charge is 0.328 e. The fraction of sp³-hybridized carbons (Fsp3) is 0.320. The van der Waals surface area contributed by atoms with Crippen molar-refractivity contribution in [1.82, 2.24) is 30.2 Å². The maximum absolute atomic E-state index is 13.2. The molecule has 2 aromatic carbocycles. The number of hydrogen-bond acceptors (Lipinski definition) is 5. The number of aryl methyl sites for hydroxylation is 1. The third kappa shape index (κ3) is 4.84. The van der Waals surface area contributed by atoms with E-state index < -0.39 is 0 Å². The minimum Gasteiger partial charge on any atom is -0.311 e. The van der Waals surface area contributed by atoms with Crippen LogP contribution in [0.3, 0.4) is 0 Å². The molecule has 0 bridgehead atoms. The van der Waals surface area contributed by atoms with Gasteiger partial charge in [-0.15, -0.1) is 10.2 Å². The smallest absolute Gasteiger partial charge is 0.311 e. The predicted molar refractivity (Wildman–Crippen MR) is 128 cm³/mol. The Labute approximate surface area is 191 Å². The van der Waals surface area contributed by atoms with Gasteiger partial charge in [0.05, 0.1) is 0 Å². The fourth-order valence-corrected chi connectivity index (χ4v) is 4.03. The molecule has 0 saturated carbocycles. The lowest BCUT2D eigenvalue weighted by Gasteiger charge is -2.13. The summed E-state index contributed by atoms with van der Waals surface area (Å²) in [7, 11) is 0. The number of tetrazole rings is 1. The molecule has 0 aliphatic heterocycles. The monoisotopic (exact) mass is 444 g/mol. The molecule has 8 nitrogen and oxygen atoms in total. The van der Waals surface area contributed by atoms with Gasteiger partial charge in [-0.05, 0) is 34.7 Å². The molecule has 0 saturated heterocycles. The average molecular weight is 445 g/mol. The zero-order chi connectivity index (χ0) is 23.2. The molecule has 2 N–H and O–H groups in total. The van der Waals surface area contributed by atoms with Gasteiger partial charge in [0.1, 0.15) is 0 Å². The van der Waals surface area contributed by atoms with Crippen LogP contribution in [0.2, 0.25) is 0 Å². The highest BCUT2D eigenvalue weighted by molar-refractivity contribution is 5.80. The van der Waals surface area contributed by atoms with Crippen LogP contribution < -0.4 is 11.2 Å². The van der Waals surface area contributed by atoms with Crippen LogP contribution in [0.25, 0.3) is 22.5 Å². The van der Waals surface area contributed by atoms with Crippen molar-refractivity contribution in [2.24, 2.45) is 0 Å². The third-order valence-corrected chi connectivity index (χ3v) is 5.76. The maximum atomic E-state index is 13.2. The predicted octanol–water partition coefficient (Wildman–Crippen LogP) is 3.73. The molecule has 0 aliphatic carbocycles. The summed E-state index contributed by atoms with van der Waals surface area (Å²) in [6.07, 6.45) is 3.72. The first kappa shape index (κ1) is 22.4. The van der Waals surface area contributed by atoms with Gasteiger partial charge in [0, 0.05) is 29.8 Å². The minimum absolute atomic E-state index is 0.179. The highest BCUT2D eigenvalue weighted by atomic mass is 16.2. The first-order valence-electron chi connectivity index (χ1n) is 11.4. The van der Waals surface area contributed by atoms with E-state index in [9.17, 15) is 9.59 Å². The Morgan fingerprint density at radius 2 is 1.70 bits per heavy atom. The Morgan fingerprint density at radius 3 is 2.36 bits per heavy atom. The lowest BCUT2D eigenvalue weighted by Crippen LogP contribution is -2.38. The average Bonchev–Trinajstić information content (AvgIpc) is 3.37. The molecule has 0 radical (unpaired) electrons. The second-order valence-electron chi connectivity index (χ2n) is 8.10. The molecule has 170 valence electrons. The van der Waals surface area contributed by atoms with E-state index in [0.29, 0.717) is 30.8 Å². The van der Waals surface area contributed by atoms with Crippen molar-refractivity contribution >= 4 is 0 Å². The lowest BCUT2D eigenvalue weighted by atomic mass is 9.96. The zero-order valence-electron chi connectivity index (χ0n) is 19.0. The summed E-state index contributed by atoms with van der Waals surface area (Å²) in [6.45, 7) is 4.53. The third-order valence-electron chi connectivity index (χ3n) is 5.76. The van der Waals surface area contributed by atoms with Gasteiger partial charge >= 0.3 is 5.69 Å². The van der Waals surface area contributed by atoms with Crippen LogP contribution in [-0.2, 0) is 19.4 Å². The normalized spacial score (nSPS) is 11.1. The number of aromatic amines is 2. The van der Waals surface area contributed by atoms with Crippen LogP contribution in [0, 0.1) is 0 Å². The fourth-order valence-electron chi connectivity index (χ4n) is 4.03. The Bertz CT molecular complexity index is 1320. The molecule has 0 spiro atoms. The Hall–Kier alpha value is -3.81. The summed E-state index contributed by atoms with van der Waals surface area (Å²) in [4.78, 5) is 28.6. The van der Waals surface area contributed by atoms with Gasteiger partial charge in [0.15, 0.2) is 0 Å². The van der Waals surface area contributed by atoms with Crippen LogP contribution >= 0.6 is 0 Å². The number of aromatic nitrogens is 6. The molecular formula is C25H28N6O2. The van der Waals surface area contributed by atoms with Gasteiger partial charge in [0.25, 0.3) is 5.56 Å². The molecule has 4 rings (SSSR count). The van der Waals surface area contributed by atoms with E-state index >= 15 is 0 Å². The van der Waals surface area contributed by atoms with E-state index in [1.54, 1.807) is 0 Å². The van der Waals surface area contributed by atoms with Gasteiger partial charge < -0.3 is 4.98 Å². The maximum Gasteiger partial charge on any atom is 0.328 e. The molecule has 0 unspecified atom stereocenters. The summed E-state index contributed by atoms with van der Waals surface area (Å²) in [5.41, 5.74) is 4.86. The molecule has 2 heterocycles. The van der Waals surface area contributed by atoms with E-state index in [2.05, 4.69) is 25.6 Å². The molecule has 0 fully saturated rings. The minimum atomic E-state index is -0.311. The molecule has 0 amide bonds. The second-order valence-corrected chi connectivity index (χ2v) is 8.10. The Morgan fingerprint density at radius 1 is 0.939 bits per heavy atom. The van der Waals surface area contributed by atoms with E-state index in [0.717, 1.165) is 47.2 Å². The van der Waals surface area contributed by atoms with Crippen molar-refractivity contribution < 1.29 is 0 Å². The molecule has 0 atom stereocenters. The summed E-state index contributed by atoms with van der Waals surface area (Å²) in [6, 6.07) is 16.0. The van der Waals surface area contributed by atoms with Crippen LogP contribution in [0.1, 0.15) is 49.9 Å². The summed E-state index contributed by atoms with van der Waals surface area (Å²) >= 11 is 0.